The predicted molar refractivity (Wildman–Crippen MR) is 141 cm³/mol. The first-order valence-electron chi connectivity index (χ1n) is 11.8. The maximum atomic E-state index is 13.7. The van der Waals surface area contributed by atoms with E-state index in [-0.39, 0.29) is 20.5 Å². The molecule has 40 heavy (non-hydrogen) atoms. The molecule has 0 saturated heterocycles. The van der Waals surface area contributed by atoms with Crippen molar-refractivity contribution in [1.29, 1.82) is 0 Å². The van der Waals surface area contributed by atoms with Crippen molar-refractivity contribution in [2.24, 2.45) is 4.99 Å². The lowest BCUT2D eigenvalue weighted by Gasteiger charge is -2.23. The quantitative estimate of drug-likeness (QED) is 0.227. The molecule has 1 N–H and O–H groups in total. The normalized spacial score (nSPS) is 14.5. The van der Waals surface area contributed by atoms with Crippen molar-refractivity contribution in [2.75, 3.05) is 20.3 Å². The van der Waals surface area contributed by atoms with Crippen LogP contribution < -0.4 is 24.4 Å². The molecule has 3 aromatic rings. The van der Waals surface area contributed by atoms with E-state index in [0.717, 1.165) is 23.5 Å². The second-order valence-electron chi connectivity index (χ2n) is 8.17. The number of hydrogen-bond donors (Lipinski definition) is 1. The molecule has 208 valence electrons. The standard InChI is InChI=1S/C25H22N4O10S/c1-4-38-18-7-6-14(11-19(18)39-5-2)21-15(24(32)37-3)12-26-25-27(21)23(31)20(40-25)10-13-8-16(28(33)34)22(30)17(9-13)29(35)36/h6-12,21,30H,4-5H2,1-3H3/b20-10+/t21-/m0/s1. The molecule has 0 radical (unpaired) electrons. The lowest BCUT2D eigenvalue weighted by Crippen LogP contribution is -2.39. The number of aromatic nitrogens is 1. The fourth-order valence-corrected chi connectivity index (χ4v) is 5.10. The average Bonchev–Trinajstić information content (AvgIpc) is 3.24. The molecule has 0 aliphatic carbocycles. The van der Waals surface area contributed by atoms with Crippen molar-refractivity contribution in [3.8, 4) is 17.2 Å². The number of phenols is 1. The Balaban J connectivity index is 1.94. The molecule has 0 fully saturated rings. The van der Waals surface area contributed by atoms with Crippen molar-refractivity contribution in [1.82, 2.24) is 4.57 Å². The van der Waals surface area contributed by atoms with Crippen LogP contribution in [0.15, 0.2) is 51.9 Å². The molecule has 4 rings (SSSR count). The highest BCUT2D eigenvalue weighted by Crippen LogP contribution is 2.37. The van der Waals surface area contributed by atoms with Gasteiger partial charge in [-0.3, -0.25) is 29.6 Å². The Kier molecular flexibility index (Phi) is 7.95. The molecule has 0 spiro atoms. The number of rotatable bonds is 9. The molecule has 14 nitrogen and oxygen atoms in total. The number of benzene rings is 2. The van der Waals surface area contributed by atoms with Crippen molar-refractivity contribution < 1.29 is 34.0 Å². The number of nitro benzene ring substituents is 2. The third-order valence-electron chi connectivity index (χ3n) is 5.79. The summed E-state index contributed by atoms with van der Waals surface area (Å²) in [5.41, 5.74) is -1.92. The number of thiazole rings is 1. The smallest absolute Gasteiger partial charge is 0.337 e. The molecule has 2 heterocycles. The van der Waals surface area contributed by atoms with Crippen LogP contribution in [0.5, 0.6) is 17.2 Å². The Morgan fingerprint density at radius 3 is 2.30 bits per heavy atom. The molecule has 0 saturated carbocycles. The van der Waals surface area contributed by atoms with Gasteiger partial charge in [0.05, 0.1) is 46.3 Å². The van der Waals surface area contributed by atoms with Gasteiger partial charge in [0.1, 0.15) is 0 Å². The minimum absolute atomic E-state index is 0.0218. The first-order valence-corrected chi connectivity index (χ1v) is 12.6. The minimum Gasteiger partial charge on any atom is -0.497 e. The molecular weight excluding hydrogens is 548 g/mol. The molecule has 1 aromatic heterocycles. The summed E-state index contributed by atoms with van der Waals surface area (Å²) in [5.74, 6) is -0.954. The molecule has 15 heteroatoms. The number of carbonyl (C=O) groups is 1. The van der Waals surface area contributed by atoms with Gasteiger partial charge in [0.25, 0.3) is 11.3 Å². The van der Waals surface area contributed by atoms with Crippen LogP contribution in [0.4, 0.5) is 11.4 Å². The summed E-state index contributed by atoms with van der Waals surface area (Å²) in [6, 6.07) is 5.82. The zero-order valence-corrected chi connectivity index (χ0v) is 22.2. The van der Waals surface area contributed by atoms with Crippen LogP contribution >= 0.6 is 11.3 Å². The number of methoxy groups -OCH3 is 1. The van der Waals surface area contributed by atoms with Gasteiger partial charge in [0.2, 0.25) is 0 Å². The summed E-state index contributed by atoms with van der Waals surface area (Å²) in [7, 11) is 1.19. The third kappa shape index (κ3) is 5.13. The van der Waals surface area contributed by atoms with Gasteiger partial charge in [-0.25, -0.2) is 9.79 Å². The van der Waals surface area contributed by atoms with Crippen LogP contribution in [0.1, 0.15) is 31.0 Å². The van der Waals surface area contributed by atoms with E-state index in [1.807, 2.05) is 6.92 Å². The van der Waals surface area contributed by atoms with Gasteiger partial charge in [-0.05, 0) is 43.2 Å². The van der Waals surface area contributed by atoms with Crippen LogP contribution in [0.25, 0.3) is 6.08 Å². The highest BCUT2D eigenvalue weighted by atomic mass is 32.1. The highest BCUT2D eigenvalue weighted by Gasteiger charge is 2.32. The number of phenolic OH excluding ortho intramolecular Hbond substituents is 1. The third-order valence-corrected chi connectivity index (χ3v) is 6.79. The average molecular weight is 571 g/mol. The Bertz CT molecular complexity index is 1710. The molecule has 1 atom stereocenters. The predicted octanol–water partition coefficient (Wildman–Crippen LogP) is 2.34. The largest absolute Gasteiger partial charge is 0.497 e. The second-order valence-corrected chi connectivity index (χ2v) is 9.18. The van der Waals surface area contributed by atoms with Crippen molar-refractivity contribution >= 4 is 34.8 Å². The van der Waals surface area contributed by atoms with Crippen molar-refractivity contribution in [3.05, 3.63) is 93.1 Å². The maximum Gasteiger partial charge on any atom is 0.337 e. The van der Waals surface area contributed by atoms with E-state index in [1.165, 1.54) is 24.0 Å². The number of hydrogen-bond acceptors (Lipinski definition) is 12. The van der Waals surface area contributed by atoms with E-state index in [1.54, 1.807) is 25.1 Å². The Morgan fingerprint density at radius 2 is 1.73 bits per heavy atom. The summed E-state index contributed by atoms with van der Waals surface area (Å²) in [6.07, 6.45) is 2.50. The minimum atomic E-state index is -1.10. The van der Waals surface area contributed by atoms with Crippen LogP contribution in [0, 0.1) is 20.2 Å². The number of nitro groups is 2. The topological polar surface area (TPSA) is 186 Å². The number of aromatic hydroxyl groups is 1. The van der Waals surface area contributed by atoms with Crippen LogP contribution in [0.3, 0.4) is 0 Å². The van der Waals surface area contributed by atoms with Gasteiger partial charge in [0, 0.05) is 18.3 Å². The van der Waals surface area contributed by atoms with Gasteiger partial charge >= 0.3 is 17.3 Å². The molecular formula is C25H22N4O10S. The van der Waals surface area contributed by atoms with E-state index < -0.39 is 44.5 Å². The van der Waals surface area contributed by atoms with E-state index in [4.69, 9.17) is 14.2 Å². The summed E-state index contributed by atoms with van der Waals surface area (Å²) in [5, 5.41) is 32.7. The summed E-state index contributed by atoms with van der Waals surface area (Å²) >= 11 is 0.908. The fourth-order valence-electron chi connectivity index (χ4n) is 4.13. The maximum absolute atomic E-state index is 13.7. The van der Waals surface area contributed by atoms with Crippen molar-refractivity contribution in [3.63, 3.8) is 0 Å². The molecule has 2 aromatic carbocycles. The van der Waals surface area contributed by atoms with Crippen molar-refractivity contribution in [2.45, 2.75) is 19.9 Å². The summed E-state index contributed by atoms with van der Waals surface area (Å²) in [6.45, 7) is 4.33. The monoisotopic (exact) mass is 570 g/mol. The summed E-state index contributed by atoms with van der Waals surface area (Å²) < 4.78 is 17.5. The van der Waals surface area contributed by atoms with Gasteiger partial charge in [-0.1, -0.05) is 17.4 Å². The molecule has 0 unspecified atom stereocenters. The Morgan fingerprint density at radius 1 is 1.10 bits per heavy atom. The van der Waals surface area contributed by atoms with Gasteiger partial charge in [0.15, 0.2) is 16.3 Å². The Hall–Kier alpha value is -5.05. The van der Waals surface area contributed by atoms with E-state index in [2.05, 4.69) is 4.99 Å². The molecule has 1 aliphatic heterocycles. The van der Waals surface area contributed by atoms with Gasteiger partial charge < -0.3 is 19.3 Å². The van der Waals surface area contributed by atoms with E-state index in [9.17, 15) is 34.9 Å². The molecule has 0 amide bonds. The number of nitrogens with zero attached hydrogens (tertiary/aromatic N) is 4. The second kappa shape index (κ2) is 11.4. The number of carbonyl (C=O) groups excluding carboxylic acids is 1. The lowest BCUT2D eigenvalue weighted by atomic mass is 9.97. The number of ether oxygens (including phenoxy) is 3. The zero-order valence-electron chi connectivity index (χ0n) is 21.4. The molecule has 1 aliphatic rings. The zero-order chi connectivity index (χ0) is 29.1. The first-order chi connectivity index (χ1) is 19.1. The first kappa shape index (κ1) is 28.0. The molecule has 0 bridgehead atoms. The lowest BCUT2D eigenvalue weighted by molar-refractivity contribution is -0.396. The number of esters is 1. The van der Waals surface area contributed by atoms with Gasteiger partial charge in [-0.15, -0.1) is 0 Å². The fraction of sp³-hybridized carbons (Fsp3) is 0.240. The van der Waals surface area contributed by atoms with Crippen LogP contribution in [-0.4, -0.2) is 45.8 Å². The van der Waals surface area contributed by atoms with Crippen LogP contribution in [-0.2, 0) is 9.53 Å². The highest BCUT2D eigenvalue weighted by molar-refractivity contribution is 7.07. The Labute approximate surface area is 229 Å². The number of fused-ring (bicyclic) bond motifs is 1. The van der Waals surface area contributed by atoms with Gasteiger partial charge in [-0.2, -0.15) is 0 Å². The van der Waals surface area contributed by atoms with E-state index in [0.29, 0.717) is 30.3 Å². The van der Waals surface area contributed by atoms with Crippen LogP contribution in [0.2, 0.25) is 0 Å². The summed E-state index contributed by atoms with van der Waals surface area (Å²) in [4.78, 5) is 51.6. The SMILES string of the molecule is CCOc1ccc([C@H]2C(C(=O)OC)=CN=c3s/c(=C/c4cc([N+](=O)[O-])c(O)c([N+](=O)[O-])c4)c(=O)n32)cc1OCC. The van der Waals surface area contributed by atoms with E-state index >= 15 is 0 Å².